The highest BCUT2D eigenvalue weighted by Crippen LogP contribution is 2.14. The lowest BCUT2D eigenvalue weighted by Gasteiger charge is -2.10. The number of hydrogen-bond acceptors (Lipinski definition) is 5. The Morgan fingerprint density at radius 2 is 2.33 bits per heavy atom. The minimum absolute atomic E-state index is 0.0342. The Morgan fingerprint density at radius 1 is 1.61 bits per heavy atom. The van der Waals surface area contributed by atoms with E-state index in [1.807, 2.05) is 0 Å². The van der Waals surface area contributed by atoms with E-state index in [4.69, 9.17) is 5.73 Å². The van der Waals surface area contributed by atoms with Gasteiger partial charge >= 0.3 is 6.47 Å². The Hall–Kier alpha value is -2.41. The highest BCUT2D eigenvalue weighted by atomic mass is 16.7. The summed E-state index contributed by atoms with van der Waals surface area (Å²) >= 11 is 0. The van der Waals surface area contributed by atoms with Gasteiger partial charge in [0.05, 0.1) is 0 Å². The molecule has 7 heteroatoms. The maximum absolute atomic E-state index is 11.3. The van der Waals surface area contributed by atoms with Crippen LogP contribution in [0.25, 0.3) is 0 Å². The smallest absolute Gasteiger partial charge is 0.323 e. The van der Waals surface area contributed by atoms with E-state index in [1.54, 1.807) is 18.2 Å². The van der Waals surface area contributed by atoms with Crippen LogP contribution in [-0.4, -0.2) is 30.4 Å². The molecule has 0 saturated heterocycles. The van der Waals surface area contributed by atoms with Crippen LogP contribution in [0.4, 0.5) is 0 Å². The highest BCUT2D eigenvalue weighted by Gasteiger charge is 2.16. The Labute approximate surface area is 103 Å². The number of nitrogens with two attached hydrogens (primary N) is 1. The van der Waals surface area contributed by atoms with Crippen molar-refractivity contribution in [3.8, 4) is 0 Å². The first-order valence-corrected chi connectivity index (χ1v) is 5.03. The van der Waals surface area contributed by atoms with E-state index in [0.717, 1.165) is 0 Å². The molecule has 0 heterocycles. The number of aliphatic hydroxyl groups is 1. The topological polar surface area (TPSA) is 114 Å². The van der Waals surface area contributed by atoms with Crippen molar-refractivity contribution in [3.63, 3.8) is 0 Å². The van der Waals surface area contributed by atoms with Crippen LogP contribution in [0.2, 0.25) is 0 Å². The maximum Gasteiger partial charge on any atom is 0.323 e. The third-order valence-corrected chi connectivity index (χ3v) is 2.19. The van der Waals surface area contributed by atoms with Crippen LogP contribution in [0.3, 0.4) is 0 Å². The fraction of sp³-hybridized carbons (Fsp3) is 0.182. The number of likely N-dealkylation sites (N-methyl/N-ethyl adjacent to an activating group) is 1. The summed E-state index contributed by atoms with van der Waals surface area (Å²) in [7, 11) is 1.42. The molecule has 1 unspecified atom stereocenters. The van der Waals surface area contributed by atoms with Crippen molar-refractivity contribution in [2.45, 2.75) is 6.10 Å². The van der Waals surface area contributed by atoms with E-state index in [1.165, 1.54) is 13.1 Å². The molecule has 0 aliphatic heterocycles. The molecule has 0 radical (unpaired) electrons. The van der Waals surface area contributed by atoms with Crippen LogP contribution in [0.15, 0.2) is 29.4 Å². The number of amides is 1. The number of aliphatic hydroxyl groups excluding tert-OH is 1. The third-order valence-electron chi connectivity index (χ3n) is 2.19. The molecule has 1 aromatic rings. The van der Waals surface area contributed by atoms with E-state index >= 15 is 0 Å². The van der Waals surface area contributed by atoms with Gasteiger partial charge in [0.1, 0.15) is 0 Å². The van der Waals surface area contributed by atoms with E-state index in [9.17, 15) is 14.7 Å². The molecule has 7 nitrogen and oxygen atoms in total. The van der Waals surface area contributed by atoms with Gasteiger partial charge in [-0.3, -0.25) is 9.59 Å². The van der Waals surface area contributed by atoms with Gasteiger partial charge in [-0.15, -0.1) is 0 Å². The standard InChI is InChI=1S/C11H13N3O4/c1-13-11(17)9(16)7-3-2-4-8(5-7)10(12)14-18-6-15/h2-6,9,16H,1H3,(H2,12,14)(H,13,17). The number of nitrogens with zero attached hydrogens (tertiary/aromatic N) is 1. The van der Waals surface area contributed by atoms with Crippen molar-refractivity contribution in [2.75, 3.05) is 7.05 Å². The summed E-state index contributed by atoms with van der Waals surface area (Å²) in [4.78, 5) is 25.4. The first-order chi connectivity index (χ1) is 8.60. The molecular formula is C11H13N3O4. The zero-order valence-corrected chi connectivity index (χ0v) is 9.66. The second-order valence-electron chi connectivity index (χ2n) is 3.32. The average molecular weight is 251 g/mol. The van der Waals surface area contributed by atoms with Gasteiger partial charge in [0, 0.05) is 12.6 Å². The zero-order valence-electron chi connectivity index (χ0n) is 9.66. The first kappa shape index (κ1) is 13.7. The summed E-state index contributed by atoms with van der Waals surface area (Å²) in [6.45, 7) is 0.135. The van der Waals surface area contributed by atoms with Gasteiger partial charge in [-0.05, 0) is 11.6 Å². The van der Waals surface area contributed by atoms with Gasteiger partial charge in [-0.25, -0.2) is 0 Å². The fourth-order valence-corrected chi connectivity index (χ4v) is 1.29. The number of carbonyl (C=O) groups excluding carboxylic acids is 2. The Bertz CT molecular complexity index is 473. The summed E-state index contributed by atoms with van der Waals surface area (Å²) in [6.07, 6.45) is -1.30. The fourth-order valence-electron chi connectivity index (χ4n) is 1.29. The third kappa shape index (κ3) is 3.29. The van der Waals surface area contributed by atoms with E-state index < -0.39 is 12.0 Å². The second-order valence-corrected chi connectivity index (χ2v) is 3.32. The van der Waals surface area contributed by atoms with Crippen molar-refractivity contribution in [1.29, 1.82) is 0 Å². The average Bonchev–Trinajstić information content (AvgIpc) is 2.43. The molecule has 0 aliphatic rings. The molecule has 4 N–H and O–H groups in total. The molecule has 1 amide bonds. The number of amidine groups is 1. The monoisotopic (exact) mass is 251 g/mol. The first-order valence-electron chi connectivity index (χ1n) is 5.03. The van der Waals surface area contributed by atoms with Gasteiger partial charge in [-0.2, -0.15) is 0 Å². The molecule has 0 aliphatic carbocycles. The predicted octanol–water partition coefficient (Wildman–Crippen LogP) is -0.741. The SMILES string of the molecule is CNC(=O)C(O)c1cccc(/C(N)=N/OC=O)c1. The molecule has 0 saturated carbocycles. The van der Waals surface area contributed by atoms with Crippen molar-refractivity contribution in [3.05, 3.63) is 35.4 Å². The molecule has 96 valence electrons. The largest absolute Gasteiger partial charge is 0.380 e. The molecular weight excluding hydrogens is 238 g/mol. The van der Waals surface area contributed by atoms with Crippen LogP contribution in [0.5, 0.6) is 0 Å². The summed E-state index contributed by atoms with van der Waals surface area (Å²) in [5.74, 6) is -0.570. The van der Waals surface area contributed by atoms with Crippen molar-refractivity contribution in [2.24, 2.45) is 10.9 Å². The summed E-state index contributed by atoms with van der Waals surface area (Å²) in [5, 5.41) is 15.3. The Balaban J connectivity index is 2.98. The van der Waals surface area contributed by atoms with Gasteiger partial charge in [-0.1, -0.05) is 23.4 Å². The molecule has 0 fully saturated rings. The molecule has 0 spiro atoms. The molecule has 0 aromatic heterocycles. The van der Waals surface area contributed by atoms with Crippen LogP contribution in [0.1, 0.15) is 17.2 Å². The summed E-state index contributed by atoms with van der Waals surface area (Å²) in [5.41, 5.74) is 6.33. The van der Waals surface area contributed by atoms with Crippen molar-refractivity contribution in [1.82, 2.24) is 5.32 Å². The van der Waals surface area contributed by atoms with Crippen molar-refractivity contribution >= 4 is 18.2 Å². The number of carbonyl (C=O) groups is 2. The van der Waals surface area contributed by atoms with Crippen molar-refractivity contribution < 1.29 is 19.5 Å². The van der Waals surface area contributed by atoms with Crippen LogP contribution < -0.4 is 11.1 Å². The lowest BCUT2D eigenvalue weighted by Crippen LogP contribution is -2.25. The Morgan fingerprint density at radius 3 is 2.94 bits per heavy atom. The molecule has 18 heavy (non-hydrogen) atoms. The maximum atomic E-state index is 11.3. The number of oxime groups is 1. The lowest BCUT2D eigenvalue weighted by atomic mass is 10.1. The minimum Gasteiger partial charge on any atom is -0.380 e. The molecule has 1 atom stereocenters. The summed E-state index contributed by atoms with van der Waals surface area (Å²) in [6, 6.07) is 6.25. The molecule has 0 bridgehead atoms. The predicted molar refractivity (Wildman–Crippen MR) is 63.3 cm³/mol. The number of hydrogen-bond donors (Lipinski definition) is 3. The van der Waals surface area contributed by atoms with Crippen LogP contribution in [-0.2, 0) is 14.4 Å². The van der Waals surface area contributed by atoms with E-state index in [-0.39, 0.29) is 12.3 Å². The minimum atomic E-state index is -1.30. The van der Waals surface area contributed by atoms with E-state index in [2.05, 4.69) is 15.3 Å². The van der Waals surface area contributed by atoms with Crippen LogP contribution in [0, 0.1) is 0 Å². The number of benzene rings is 1. The van der Waals surface area contributed by atoms with Gasteiger partial charge in [0.25, 0.3) is 5.91 Å². The second kappa shape index (κ2) is 6.36. The quantitative estimate of drug-likeness (QED) is 0.210. The van der Waals surface area contributed by atoms with E-state index in [0.29, 0.717) is 11.1 Å². The highest BCUT2D eigenvalue weighted by molar-refractivity contribution is 5.97. The number of nitrogens with one attached hydrogen (secondary N) is 1. The van der Waals surface area contributed by atoms with Crippen LogP contribution >= 0.6 is 0 Å². The molecule has 1 aromatic carbocycles. The lowest BCUT2D eigenvalue weighted by molar-refractivity contribution is -0.129. The Kier molecular flexibility index (Phi) is 4.82. The molecule has 1 rings (SSSR count). The van der Waals surface area contributed by atoms with Gasteiger partial charge < -0.3 is 21.0 Å². The summed E-state index contributed by atoms with van der Waals surface area (Å²) < 4.78 is 0. The van der Waals surface area contributed by atoms with Gasteiger partial charge in [0.2, 0.25) is 0 Å². The number of rotatable bonds is 5. The zero-order chi connectivity index (χ0) is 13.5. The normalized spacial score (nSPS) is 12.7. The van der Waals surface area contributed by atoms with Gasteiger partial charge in [0.15, 0.2) is 11.9 Å².